The van der Waals surface area contributed by atoms with E-state index < -0.39 is 0 Å². The van der Waals surface area contributed by atoms with Crippen LogP contribution in [0, 0.1) is 0 Å². The van der Waals surface area contributed by atoms with Gasteiger partial charge in [0, 0.05) is 18.6 Å². The maximum absolute atomic E-state index is 4.84. The molecule has 1 nitrogen and oxygen atoms in total. The van der Waals surface area contributed by atoms with Crippen LogP contribution < -0.4 is 0 Å². The predicted molar refractivity (Wildman–Crippen MR) is 42.7 cm³/mol. The zero-order valence-electron chi connectivity index (χ0n) is 5.35. The van der Waals surface area contributed by atoms with Crippen LogP contribution in [0.2, 0.25) is 0 Å². The van der Waals surface area contributed by atoms with Crippen molar-refractivity contribution in [2.24, 2.45) is 0 Å². The summed E-state index contributed by atoms with van der Waals surface area (Å²) in [5, 5.41) is 0. The molecule has 0 aliphatic carbocycles. The standard InChI is InChI=1S/C5H12OS2/c1-6-5-8-4-3-7-2/h3-5H2,1-2H3. The lowest BCUT2D eigenvalue weighted by atomic mass is 11.0. The van der Waals surface area contributed by atoms with Gasteiger partial charge in [-0.2, -0.15) is 11.8 Å². The van der Waals surface area contributed by atoms with Crippen molar-refractivity contribution in [3.8, 4) is 0 Å². The fraction of sp³-hybridized carbons (Fsp3) is 1.00. The molecule has 0 atom stereocenters. The zero-order valence-corrected chi connectivity index (χ0v) is 6.98. The summed E-state index contributed by atoms with van der Waals surface area (Å²) in [6.45, 7) is 0. The maximum Gasteiger partial charge on any atom is 0.0917 e. The molecule has 50 valence electrons. The van der Waals surface area contributed by atoms with Crippen molar-refractivity contribution in [3.63, 3.8) is 0 Å². The summed E-state index contributed by atoms with van der Waals surface area (Å²) < 4.78 is 4.84. The summed E-state index contributed by atoms with van der Waals surface area (Å²) in [6.07, 6.45) is 2.12. The first-order chi connectivity index (χ1) is 3.91. The molecule has 0 aromatic rings. The van der Waals surface area contributed by atoms with Crippen LogP contribution in [0.1, 0.15) is 0 Å². The van der Waals surface area contributed by atoms with Crippen molar-refractivity contribution in [3.05, 3.63) is 0 Å². The Kier molecular flexibility index (Phi) is 8.29. The van der Waals surface area contributed by atoms with Gasteiger partial charge in [-0.05, 0) is 6.26 Å². The summed E-state index contributed by atoms with van der Waals surface area (Å²) >= 11 is 3.71. The van der Waals surface area contributed by atoms with Crippen molar-refractivity contribution in [2.45, 2.75) is 0 Å². The summed E-state index contributed by atoms with van der Waals surface area (Å²) in [7, 11) is 1.73. The van der Waals surface area contributed by atoms with Gasteiger partial charge < -0.3 is 4.74 Å². The van der Waals surface area contributed by atoms with Crippen molar-refractivity contribution in [1.29, 1.82) is 0 Å². The maximum atomic E-state index is 4.84. The Bertz CT molecular complexity index is 35.4. The molecule has 0 aliphatic rings. The topological polar surface area (TPSA) is 9.23 Å². The van der Waals surface area contributed by atoms with Crippen LogP contribution in [0.25, 0.3) is 0 Å². The van der Waals surface area contributed by atoms with Gasteiger partial charge in [-0.1, -0.05) is 0 Å². The van der Waals surface area contributed by atoms with E-state index in [1.54, 1.807) is 7.11 Å². The van der Waals surface area contributed by atoms with Crippen LogP contribution in [0.5, 0.6) is 0 Å². The molecule has 0 aliphatic heterocycles. The molecule has 0 saturated carbocycles. The minimum atomic E-state index is 0.834. The lowest BCUT2D eigenvalue weighted by Crippen LogP contribution is -1.86. The van der Waals surface area contributed by atoms with Gasteiger partial charge in [0.05, 0.1) is 5.94 Å². The molecular formula is C5H12OS2. The highest BCUT2D eigenvalue weighted by atomic mass is 32.2. The first-order valence-corrected chi connectivity index (χ1v) is 5.02. The highest BCUT2D eigenvalue weighted by Crippen LogP contribution is 2.02. The molecule has 0 N–H and O–H groups in total. The molecule has 0 saturated heterocycles. The molecule has 8 heavy (non-hydrogen) atoms. The molecular weight excluding hydrogens is 140 g/mol. The van der Waals surface area contributed by atoms with E-state index in [4.69, 9.17) is 4.74 Å². The van der Waals surface area contributed by atoms with E-state index in [2.05, 4.69) is 6.26 Å². The second kappa shape index (κ2) is 7.66. The van der Waals surface area contributed by atoms with E-state index in [-0.39, 0.29) is 0 Å². The Balaban J connectivity index is 2.53. The van der Waals surface area contributed by atoms with Crippen LogP contribution in [0.3, 0.4) is 0 Å². The highest BCUT2D eigenvalue weighted by Gasteiger charge is 1.83. The average Bonchev–Trinajstić information content (AvgIpc) is 1.81. The van der Waals surface area contributed by atoms with Crippen LogP contribution in [0.4, 0.5) is 0 Å². The summed E-state index contributed by atoms with van der Waals surface area (Å²) in [5.41, 5.74) is 0. The molecule has 0 aromatic heterocycles. The van der Waals surface area contributed by atoms with Gasteiger partial charge in [0.1, 0.15) is 0 Å². The molecule has 0 radical (unpaired) electrons. The van der Waals surface area contributed by atoms with Crippen LogP contribution in [-0.4, -0.2) is 30.8 Å². The lowest BCUT2D eigenvalue weighted by molar-refractivity contribution is 0.259. The van der Waals surface area contributed by atoms with Crippen molar-refractivity contribution >= 4 is 23.5 Å². The van der Waals surface area contributed by atoms with Gasteiger partial charge >= 0.3 is 0 Å². The summed E-state index contributed by atoms with van der Waals surface area (Å²) in [4.78, 5) is 0. The number of methoxy groups -OCH3 is 1. The Hall–Kier alpha value is 0.660. The monoisotopic (exact) mass is 152 g/mol. The SMILES string of the molecule is COCSCCSC. The first kappa shape index (κ1) is 8.66. The van der Waals surface area contributed by atoms with E-state index in [1.165, 1.54) is 11.5 Å². The predicted octanol–water partition coefficient (Wildman–Crippen LogP) is 1.69. The third-order valence-corrected chi connectivity index (χ3v) is 2.40. The zero-order chi connectivity index (χ0) is 6.24. The third kappa shape index (κ3) is 6.66. The molecule has 0 aromatic carbocycles. The van der Waals surface area contributed by atoms with Crippen molar-refractivity contribution < 1.29 is 4.74 Å². The molecule has 0 bridgehead atoms. The lowest BCUT2D eigenvalue weighted by Gasteiger charge is -1.95. The Labute approximate surface area is 59.6 Å². The fourth-order valence-corrected chi connectivity index (χ4v) is 1.71. The average molecular weight is 152 g/mol. The molecule has 3 heteroatoms. The Morgan fingerprint density at radius 1 is 1.38 bits per heavy atom. The molecule has 0 amide bonds. The molecule has 0 spiro atoms. The number of thioether (sulfide) groups is 2. The largest absolute Gasteiger partial charge is 0.374 e. The number of rotatable bonds is 5. The first-order valence-electron chi connectivity index (χ1n) is 2.47. The third-order valence-electron chi connectivity index (χ3n) is 0.633. The number of hydrogen-bond acceptors (Lipinski definition) is 3. The van der Waals surface area contributed by atoms with Gasteiger partial charge in [0.15, 0.2) is 0 Å². The van der Waals surface area contributed by atoms with Crippen LogP contribution in [-0.2, 0) is 4.74 Å². The van der Waals surface area contributed by atoms with Crippen LogP contribution in [0.15, 0.2) is 0 Å². The van der Waals surface area contributed by atoms with E-state index in [1.807, 2.05) is 23.5 Å². The van der Waals surface area contributed by atoms with Crippen molar-refractivity contribution in [2.75, 3.05) is 30.8 Å². The minimum Gasteiger partial charge on any atom is -0.374 e. The van der Waals surface area contributed by atoms with E-state index in [9.17, 15) is 0 Å². The number of hydrogen-bond donors (Lipinski definition) is 0. The molecule has 0 heterocycles. The molecule has 0 fully saturated rings. The second-order valence-corrected chi connectivity index (χ2v) is 3.35. The highest BCUT2D eigenvalue weighted by molar-refractivity contribution is 8.02. The van der Waals surface area contributed by atoms with Gasteiger partial charge in [-0.15, -0.1) is 11.8 Å². The van der Waals surface area contributed by atoms with Gasteiger partial charge in [-0.25, -0.2) is 0 Å². The van der Waals surface area contributed by atoms with E-state index >= 15 is 0 Å². The van der Waals surface area contributed by atoms with E-state index in [0.717, 1.165) is 5.94 Å². The number of ether oxygens (including phenoxy) is 1. The smallest absolute Gasteiger partial charge is 0.0917 e. The summed E-state index contributed by atoms with van der Waals surface area (Å²) in [5.74, 6) is 3.27. The Morgan fingerprint density at radius 2 is 2.12 bits per heavy atom. The Morgan fingerprint density at radius 3 is 2.62 bits per heavy atom. The molecule has 0 unspecified atom stereocenters. The van der Waals surface area contributed by atoms with Gasteiger partial charge in [0.25, 0.3) is 0 Å². The quantitative estimate of drug-likeness (QED) is 0.438. The molecule has 0 rings (SSSR count). The van der Waals surface area contributed by atoms with Gasteiger partial charge in [-0.3, -0.25) is 0 Å². The minimum absolute atomic E-state index is 0.834. The summed E-state index contributed by atoms with van der Waals surface area (Å²) in [6, 6.07) is 0. The van der Waals surface area contributed by atoms with E-state index in [0.29, 0.717) is 0 Å². The normalized spacial score (nSPS) is 9.75. The second-order valence-electron chi connectivity index (χ2n) is 1.31. The van der Waals surface area contributed by atoms with Crippen molar-refractivity contribution in [1.82, 2.24) is 0 Å². The van der Waals surface area contributed by atoms with Crippen LogP contribution >= 0.6 is 23.5 Å². The van der Waals surface area contributed by atoms with Gasteiger partial charge in [0.2, 0.25) is 0 Å². The fourth-order valence-electron chi connectivity index (χ4n) is 0.285.